The van der Waals surface area contributed by atoms with Gasteiger partial charge in [0.1, 0.15) is 10.7 Å². The molecule has 2 N–H and O–H groups in total. The van der Waals surface area contributed by atoms with Gasteiger partial charge in [-0.05, 0) is 19.3 Å². The number of hydrogen-bond acceptors (Lipinski definition) is 5. The van der Waals surface area contributed by atoms with Gasteiger partial charge in [0.05, 0.1) is 18.6 Å². The number of aromatic nitrogens is 1. The normalized spacial score (nSPS) is 16.7. The number of carboxylic acid groups (broad SMARTS) is 1. The third kappa shape index (κ3) is 3.30. The van der Waals surface area contributed by atoms with Crippen LogP contribution in [0.5, 0.6) is 0 Å². The average molecular weight is 284 g/mol. The molecule has 0 saturated heterocycles. The van der Waals surface area contributed by atoms with Crippen molar-refractivity contribution in [2.24, 2.45) is 0 Å². The molecule has 0 atom stereocenters. The lowest BCUT2D eigenvalue weighted by atomic mass is 9.74. The second-order valence-electron chi connectivity index (χ2n) is 4.72. The van der Waals surface area contributed by atoms with E-state index in [9.17, 15) is 9.59 Å². The Morgan fingerprint density at radius 1 is 1.58 bits per heavy atom. The quantitative estimate of drug-likeness (QED) is 0.824. The number of thiazole rings is 1. The van der Waals surface area contributed by atoms with E-state index in [2.05, 4.69) is 10.3 Å². The van der Waals surface area contributed by atoms with Gasteiger partial charge in [0.25, 0.3) is 5.91 Å². The number of carbonyl (C=O) groups is 2. The lowest BCUT2D eigenvalue weighted by molar-refractivity contribution is -0.139. The van der Waals surface area contributed by atoms with Crippen LogP contribution in [0.25, 0.3) is 0 Å². The fourth-order valence-corrected chi connectivity index (χ4v) is 2.89. The number of nitrogens with zero attached hydrogens (tertiary/aromatic N) is 1. The largest absolute Gasteiger partial charge is 0.481 e. The molecule has 1 heterocycles. The van der Waals surface area contributed by atoms with E-state index in [-0.39, 0.29) is 12.3 Å². The van der Waals surface area contributed by atoms with Crippen LogP contribution in [-0.2, 0) is 16.1 Å². The smallest absolute Gasteiger partial charge is 0.305 e. The highest BCUT2D eigenvalue weighted by molar-refractivity contribution is 7.09. The van der Waals surface area contributed by atoms with Gasteiger partial charge in [0, 0.05) is 12.5 Å². The van der Waals surface area contributed by atoms with Crippen LogP contribution in [0.2, 0.25) is 0 Å². The summed E-state index contributed by atoms with van der Waals surface area (Å²) in [5.41, 5.74) is -0.262. The standard InChI is InChI=1S/C12H16N2O4S/c1-18-6-9-13-8(7-19-9)11(17)14-12(3-2-4-12)5-10(15)16/h7H,2-6H2,1H3,(H,14,17)(H,15,16). The lowest BCUT2D eigenvalue weighted by Gasteiger charge is -2.41. The molecule has 1 aromatic rings. The summed E-state index contributed by atoms with van der Waals surface area (Å²) in [4.78, 5) is 27.0. The molecule has 1 aliphatic carbocycles. The van der Waals surface area contributed by atoms with Gasteiger partial charge in [-0.1, -0.05) is 0 Å². The molecule has 0 spiro atoms. The Kier molecular flexibility index (Phi) is 4.16. The summed E-state index contributed by atoms with van der Waals surface area (Å²) in [6.45, 7) is 0.373. The predicted octanol–water partition coefficient (Wildman–Crippen LogP) is 1.42. The fourth-order valence-electron chi connectivity index (χ4n) is 2.15. The number of nitrogens with one attached hydrogen (secondary N) is 1. The van der Waals surface area contributed by atoms with Crippen molar-refractivity contribution in [3.05, 3.63) is 16.1 Å². The zero-order valence-corrected chi connectivity index (χ0v) is 11.5. The summed E-state index contributed by atoms with van der Waals surface area (Å²) < 4.78 is 4.95. The van der Waals surface area contributed by atoms with Gasteiger partial charge < -0.3 is 15.2 Å². The van der Waals surface area contributed by atoms with E-state index in [1.807, 2.05) is 0 Å². The zero-order valence-electron chi connectivity index (χ0n) is 10.6. The zero-order chi connectivity index (χ0) is 13.9. The number of aliphatic carboxylic acids is 1. The fraction of sp³-hybridized carbons (Fsp3) is 0.583. The molecule has 0 aliphatic heterocycles. The lowest BCUT2D eigenvalue weighted by Crippen LogP contribution is -2.54. The minimum Gasteiger partial charge on any atom is -0.481 e. The Morgan fingerprint density at radius 2 is 2.32 bits per heavy atom. The van der Waals surface area contributed by atoms with Crippen molar-refractivity contribution in [3.8, 4) is 0 Å². The van der Waals surface area contributed by atoms with Crippen LogP contribution in [0, 0.1) is 0 Å². The van der Waals surface area contributed by atoms with Gasteiger partial charge >= 0.3 is 5.97 Å². The number of amides is 1. The molecule has 1 fully saturated rings. The molecule has 1 aromatic heterocycles. The van der Waals surface area contributed by atoms with E-state index in [4.69, 9.17) is 9.84 Å². The highest BCUT2D eigenvalue weighted by Crippen LogP contribution is 2.35. The Labute approximate surface area is 114 Å². The van der Waals surface area contributed by atoms with Gasteiger partial charge in [-0.3, -0.25) is 9.59 Å². The highest BCUT2D eigenvalue weighted by atomic mass is 32.1. The molecule has 104 valence electrons. The van der Waals surface area contributed by atoms with Crippen LogP contribution in [0.4, 0.5) is 0 Å². The van der Waals surface area contributed by atoms with E-state index < -0.39 is 11.5 Å². The van der Waals surface area contributed by atoms with E-state index in [1.165, 1.54) is 11.3 Å². The second-order valence-corrected chi connectivity index (χ2v) is 5.66. The first-order valence-electron chi connectivity index (χ1n) is 6.02. The molecular weight excluding hydrogens is 268 g/mol. The van der Waals surface area contributed by atoms with Crippen molar-refractivity contribution < 1.29 is 19.4 Å². The Bertz CT molecular complexity index is 482. The van der Waals surface area contributed by atoms with Gasteiger partial charge in [0.15, 0.2) is 0 Å². The molecule has 0 unspecified atom stereocenters. The van der Waals surface area contributed by atoms with Gasteiger partial charge in [0.2, 0.25) is 0 Å². The van der Waals surface area contributed by atoms with Gasteiger partial charge in [-0.25, -0.2) is 4.98 Å². The first-order chi connectivity index (χ1) is 9.04. The third-order valence-corrected chi connectivity index (χ3v) is 4.05. The predicted molar refractivity (Wildman–Crippen MR) is 69.1 cm³/mol. The Balaban J connectivity index is 2.00. The molecule has 2 rings (SSSR count). The summed E-state index contributed by atoms with van der Waals surface area (Å²) in [5.74, 6) is -1.20. The Morgan fingerprint density at radius 3 is 2.84 bits per heavy atom. The SMILES string of the molecule is COCc1nc(C(=O)NC2(CC(=O)O)CCC2)cs1. The molecule has 6 nitrogen and oxygen atoms in total. The third-order valence-electron chi connectivity index (χ3n) is 3.23. The first kappa shape index (κ1) is 14.0. The minimum atomic E-state index is -0.890. The summed E-state index contributed by atoms with van der Waals surface area (Å²) in [5, 5.41) is 14.1. The molecule has 7 heteroatoms. The van der Waals surface area contributed by atoms with E-state index >= 15 is 0 Å². The number of carboxylic acids is 1. The molecule has 1 aliphatic rings. The van der Waals surface area contributed by atoms with Gasteiger partial charge in [-0.15, -0.1) is 11.3 Å². The molecule has 19 heavy (non-hydrogen) atoms. The van der Waals surface area contributed by atoms with Crippen LogP contribution < -0.4 is 5.32 Å². The Hall–Kier alpha value is -1.47. The van der Waals surface area contributed by atoms with Crippen LogP contribution in [0.3, 0.4) is 0 Å². The van der Waals surface area contributed by atoms with Crippen LogP contribution in [0.15, 0.2) is 5.38 Å². The molecule has 1 saturated carbocycles. The van der Waals surface area contributed by atoms with Crippen molar-refractivity contribution in [1.82, 2.24) is 10.3 Å². The molecule has 0 aromatic carbocycles. The van der Waals surface area contributed by atoms with Crippen molar-refractivity contribution >= 4 is 23.2 Å². The van der Waals surface area contributed by atoms with Crippen molar-refractivity contribution in [1.29, 1.82) is 0 Å². The maximum absolute atomic E-state index is 12.1. The van der Waals surface area contributed by atoms with E-state index in [0.29, 0.717) is 25.1 Å². The summed E-state index contributed by atoms with van der Waals surface area (Å²) in [6, 6.07) is 0. The topological polar surface area (TPSA) is 88.5 Å². The molecule has 0 radical (unpaired) electrons. The van der Waals surface area contributed by atoms with E-state index in [0.717, 1.165) is 11.4 Å². The number of ether oxygens (including phenoxy) is 1. The van der Waals surface area contributed by atoms with Crippen LogP contribution in [0.1, 0.15) is 41.2 Å². The summed E-state index contributed by atoms with van der Waals surface area (Å²) in [6.07, 6.45) is 2.33. The van der Waals surface area contributed by atoms with Crippen molar-refractivity contribution in [3.63, 3.8) is 0 Å². The van der Waals surface area contributed by atoms with Crippen molar-refractivity contribution in [2.75, 3.05) is 7.11 Å². The average Bonchev–Trinajstić information content (AvgIpc) is 2.74. The summed E-state index contributed by atoms with van der Waals surface area (Å²) >= 11 is 1.35. The highest BCUT2D eigenvalue weighted by Gasteiger charge is 2.40. The minimum absolute atomic E-state index is 0.0339. The van der Waals surface area contributed by atoms with Gasteiger partial charge in [-0.2, -0.15) is 0 Å². The van der Waals surface area contributed by atoms with Crippen molar-refractivity contribution in [2.45, 2.75) is 37.8 Å². The number of rotatable bonds is 6. The number of carbonyl (C=O) groups excluding carboxylic acids is 1. The molecule has 1 amide bonds. The van der Waals surface area contributed by atoms with Crippen LogP contribution >= 0.6 is 11.3 Å². The monoisotopic (exact) mass is 284 g/mol. The van der Waals surface area contributed by atoms with E-state index in [1.54, 1.807) is 12.5 Å². The maximum Gasteiger partial charge on any atom is 0.305 e. The molecule has 0 bridgehead atoms. The second kappa shape index (κ2) is 5.66. The first-order valence-corrected chi connectivity index (χ1v) is 6.90. The van der Waals surface area contributed by atoms with Crippen LogP contribution in [-0.4, -0.2) is 34.6 Å². The summed E-state index contributed by atoms with van der Waals surface area (Å²) in [7, 11) is 1.57. The molecular formula is C12H16N2O4S. The number of hydrogen-bond donors (Lipinski definition) is 2. The maximum atomic E-state index is 12.1. The number of methoxy groups -OCH3 is 1.